The number of fused-ring (bicyclic) bond motifs is 8. The molecule has 0 fully saturated rings. The highest BCUT2D eigenvalue weighted by Gasteiger charge is 2.20. The van der Waals surface area contributed by atoms with Crippen LogP contribution in [0, 0.1) is 0 Å². The fourth-order valence-electron chi connectivity index (χ4n) is 6.36. The average molecular weight is 542 g/mol. The molecule has 0 aliphatic rings. The topological polar surface area (TPSA) is 22.8 Å². The second-order valence-corrected chi connectivity index (χ2v) is 11.6. The molecule has 0 radical (unpaired) electrons. The molecule has 0 atom stereocenters. The van der Waals surface area contributed by atoms with Crippen molar-refractivity contribution >= 4 is 64.2 Å². The maximum Gasteiger partial charge on any atom is 0.0702 e. The Morgan fingerprint density at radius 2 is 1.41 bits per heavy atom. The predicted molar refractivity (Wildman–Crippen MR) is 174 cm³/mol. The van der Waals surface area contributed by atoms with Crippen LogP contribution in [-0.2, 0) is 0 Å². The first kappa shape index (κ1) is 22.6. The van der Waals surface area contributed by atoms with E-state index in [0.29, 0.717) is 0 Å². The number of aromatic nitrogens is 3. The zero-order chi connectivity index (χ0) is 26.9. The van der Waals surface area contributed by atoms with Crippen molar-refractivity contribution in [3.05, 3.63) is 140 Å². The molecule has 0 unspecified atom stereocenters. The van der Waals surface area contributed by atoms with Gasteiger partial charge in [-0.2, -0.15) is 0 Å². The molecule has 0 saturated carbocycles. The van der Waals surface area contributed by atoms with E-state index in [1.54, 1.807) is 0 Å². The largest absolute Gasteiger partial charge is 0.316 e. The maximum atomic E-state index is 4.65. The molecule has 0 spiro atoms. The van der Waals surface area contributed by atoms with Crippen LogP contribution in [-0.4, -0.2) is 14.1 Å². The molecular weight excluding hydrogens is 518 g/mol. The third kappa shape index (κ3) is 3.35. The van der Waals surface area contributed by atoms with Gasteiger partial charge in [0.05, 0.1) is 22.2 Å². The van der Waals surface area contributed by atoms with Gasteiger partial charge >= 0.3 is 0 Å². The molecule has 0 aliphatic heterocycles. The van der Waals surface area contributed by atoms with E-state index in [1.165, 1.54) is 52.9 Å². The van der Waals surface area contributed by atoms with Crippen LogP contribution in [0.4, 0.5) is 0 Å². The number of hydrogen-bond acceptors (Lipinski definition) is 2. The molecule has 41 heavy (non-hydrogen) atoms. The first-order valence-corrected chi connectivity index (χ1v) is 14.6. The molecule has 3 nitrogen and oxygen atoms in total. The number of benzene rings is 5. The Hall–Kier alpha value is -5.19. The predicted octanol–water partition coefficient (Wildman–Crippen LogP) is 10.2. The summed E-state index contributed by atoms with van der Waals surface area (Å²) in [5.41, 5.74) is 8.02. The Morgan fingerprint density at radius 1 is 0.561 bits per heavy atom. The van der Waals surface area contributed by atoms with Crippen LogP contribution in [0.3, 0.4) is 0 Å². The monoisotopic (exact) mass is 541 g/mol. The lowest BCUT2D eigenvalue weighted by Crippen LogP contribution is -1.96. The van der Waals surface area contributed by atoms with Crippen LogP contribution in [0.15, 0.2) is 140 Å². The van der Waals surface area contributed by atoms with Crippen LogP contribution >= 0.6 is 11.3 Å². The van der Waals surface area contributed by atoms with Crippen molar-refractivity contribution in [1.82, 2.24) is 14.1 Å². The van der Waals surface area contributed by atoms with E-state index in [2.05, 4.69) is 136 Å². The van der Waals surface area contributed by atoms with Gasteiger partial charge in [0.25, 0.3) is 0 Å². The van der Waals surface area contributed by atoms with Gasteiger partial charge in [-0.15, -0.1) is 11.3 Å². The van der Waals surface area contributed by atoms with E-state index in [0.717, 1.165) is 22.6 Å². The summed E-state index contributed by atoms with van der Waals surface area (Å²) in [7, 11) is 0. The van der Waals surface area contributed by atoms with E-state index < -0.39 is 0 Å². The SMILES string of the molecule is c1ccc(-n2ccc3cc4c5ccc6sc7ccccc7c6c5n(-c5cccc(-c6ccccn6)c5)c4cc32)cc1. The van der Waals surface area contributed by atoms with Crippen LogP contribution in [0.1, 0.15) is 0 Å². The second-order valence-electron chi connectivity index (χ2n) is 10.5. The first-order valence-electron chi connectivity index (χ1n) is 13.8. The number of para-hydroxylation sites is 1. The lowest BCUT2D eigenvalue weighted by molar-refractivity contribution is 1.13. The highest BCUT2D eigenvalue weighted by molar-refractivity contribution is 7.26. The zero-order valence-corrected chi connectivity index (χ0v) is 22.8. The molecule has 192 valence electrons. The van der Waals surface area contributed by atoms with Gasteiger partial charge in [-0.3, -0.25) is 4.98 Å². The molecule has 9 aromatic rings. The normalized spacial score (nSPS) is 11.9. The summed E-state index contributed by atoms with van der Waals surface area (Å²) in [6, 6.07) is 45.8. The summed E-state index contributed by atoms with van der Waals surface area (Å²) in [6.07, 6.45) is 4.04. The van der Waals surface area contributed by atoms with Crippen molar-refractivity contribution < 1.29 is 0 Å². The molecular formula is C37H23N3S. The minimum absolute atomic E-state index is 0.974. The van der Waals surface area contributed by atoms with Gasteiger partial charge < -0.3 is 9.13 Å². The summed E-state index contributed by atoms with van der Waals surface area (Å²) in [6.45, 7) is 0. The van der Waals surface area contributed by atoms with Gasteiger partial charge in [0.15, 0.2) is 0 Å². The minimum Gasteiger partial charge on any atom is -0.316 e. The van der Waals surface area contributed by atoms with Gasteiger partial charge in [0.2, 0.25) is 0 Å². The van der Waals surface area contributed by atoms with Gasteiger partial charge in [-0.25, -0.2) is 0 Å². The smallest absolute Gasteiger partial charge is 0.0702 e. The lowest BCUT2D eigenvalue weighted by Gasteiger charge is -2.12. The van der Waals surface area contributed by atoms with Gasteiger partial charge in [-0.05, 0) is 66.7 Å². The van der Waals surface area contributed by atoms with E-state index in [4.69, 9.17) is 0 Å². The Balaban J connectivity index is 1.45. The third-order valence-electron chi connectivity index (χ3n) is 8.18. The van der Waals surface area contributed by atoms with Crippen LogP contribution in [0.2, 0.25) is 0 Å². The van der Waals surface area contributed by atoms with Crippen molar-refractivity contribution in [3.63, 3.8) is 0 Å². The van der Waals surface area contributed by atoms with Crippen molar-refractivity contribution in [2.45, 2.75) is 0 Å². The number of nitrogens with zero attached hydrogens (tertiary/aromatic N) is 3. The molecule has 0 amide bonds. The van der Waals surface area contributed by atoms with Crippen LogP contribution in [0.5, 0.6) is 0 Å². The average Bonchev–Trinajstić information content (AvgIpc) is 3.72. The summed E-state index contributed by atoms with van der Waals surface area (Å²) in [5.74, 6) is 0. The highest BCUT2D eigenvalue weighted by Crippen LogP contribution is 2.44. The standard InChI is InChI=1S/C37H23N3S/c1-2-10-26(11-3-1)39-20-18-25-22-30-28-16-17-35-36(29-13-4-5-15-34(29)41-35)37(28)40(33(30)23-32(25)39)27-12-8-9-24(21-27)31-14-6-7-19-38-31/h1-23H. The number of hydrogen-bond donors (Lipinski definition) is 0. The summed E-state index contributed by atoms with van der Waals surface area (Å²) in [4.78, 5) is 4.65. The maximum absolute atomic E-state index is 4.65. The number of pyridine rings is 1. The Morgan fingerprint density at radius 3 is 2.32 bits per heavy atom. The molecule has 4 aromatic heterocycles. The highest BCUT2D eigenvalue weighted by atomic mass is 32.1. The number of rotatable bonds is 3. The molecule has 4 heterocycles. The van der Waals surface area contributed by atoms with Crippen LogP contribution in [0.25, 0.3) is 75.5 Å². The van der Waals surface area contributed by atoms with Crippen molar-refractivity contribution in [2.75, 3.05) is 0 Å². The molecule has 0 bridgehead atoms. The molecule has 0 aliphatic carbocycles. The van der Waals surface area contributed by atoms with Gasteiger partial charge in [0.1, 0.15) is 0 Å². The molecule has 9 rings (SSSR count). The minimum atomic E-state index is 0.974. The Bertz CT molecular complexity index is 2410. The number of thiophene rings is 1. The van der Waals surface area contributed by atoms with Crippen molar-refractivity contribution in [1.29, 1.82) is 0 Å². The summed E-state index contributed by atoms with van der Waals surface area (Å²) < 4.78 is 7.38. The lowest BCUT2D eigenvalue weighted by atomic mass is 10.1. The summed E-state index contributed by atoms with van der Waals surface area (Å²) in [5, 5.41) is 6.39. The molecule has 4 heteroatoms. The fourth-order valence-corrected chi connectivity index (χ4v) is 7.47. The molecule has 0 N–H and O–H groups in total. The van der Waals surface area contributed by atoms with Crippen LogP contribution < -0.4 is 0 Å². The fraction of sp³-hybridized carbons (Fsp3) is 0. The van der Waals surface area contributed by atoms with E-state index in [-0.39, 0.29) is 0 Å². The van der Waals surface area contributed by atoms with Crippen molar-refractivity contribution in [2.24, 2.45) is 0 Å². The first-order chi connectivity index (χ1) is 20.3. The molecule has 0 saturated heterocycles. The Labute approximate surface area is 240 Å². The van der Waals surface area contributed by atoms with Gasteiger partial charge in [0, 0.05) is 65.7 Å². The van der Waals surface area contributed by atoms with E-state index >= 15 is 0 Å². The Kier molecular flexibility index (Phi) is 4.77. The third-order valence-corrected chi connectivity index (χ3v) is 9.31. The summed E-state index contributed by atoms with van der Waals surface area (Å²) >= 11 is 1.87. The second kappa shape index (κ2) is 8.65. The van der Waals surface area contributed by atoms with Crippen molar-refractivity contribution in [3.8, 4) is 22.6 Å². The molecule has 5 aromatic carbocycles. The quantitative estimate of drug-likeness (QED) is 0.218. The van der Waals surface area contributed by atoms with E-state index in [1.807, 2.05) is 29.7 Å². The zero-order valence-electron chi connectivity index (χ0n) is 22.0. The van der Waals surface area contributed by atoms with Gasteiger partial charge in [-0.1, -0.05) is 60.7 Å². The van der Waals surface area contributed by atoms with E-state index in [9.17, 15) is 0 Å².